The highest BCUT2D eigenvalue weighted by molar-refractivity contribution is 5.85. The Morgan fingerprint density at radius 2 is 1.79 bits per heavy atom. The van der Waals surface area contributed by atoms with Crippen LogP contribution < -0.4 is 11.1 Å². The first-order valence-corrected chi connectivity index (χ1v) is 9.28. The molecular formula is C21H28Cl2FN3O2. The van der Waals surface area contributed by atoms with Crippen molar-refractivity contribution in [1.82, 2.24) is 10.2 Å². The van der Waals surface area contributed by atoms with Gasteiger partial charge in [-0.25, -0.2) is 4.39 Å². The number of carbonyl (C=O) groups is 1. The number of nitrogens with one attached hydrogen (secondary N) is 1. The van der Waals surface area contributed by atoms with Gasteiger partial charge >= 0.3 is 0 Å². The number of carbonyl (C=O) groups excluding carboxylic acids is 1. The van der Waals surface area contributed by atoms with Gasteiger partial charge in [-0.2, -0.15) is 0 Å². The van der Waals surface area contributed by atoms with Crippen molar-refractivity contribution in [1.29, 1.82) is 0 Å². The number of halogens is 3. The fourth-order valence-corrected chi connectivity index (χ4v) is 3.35. The summed E-state index contributed by atoms with van der Waals surface area (Å²) < 4.78 is 19.1. The number of hydrogen-bond donors (Lipinski definition) is 2. The largest absolute Gasteiger partial charge is 0.379 e. The maximum atomic E-state index is 13.7. The smallest absolute Gasteiger partial charge is 0.237 e. The zero-order valence-corrected chi connectivity index (χ0v) is 17.8. The molecule has 2 unspecified atom stereocenters. The van der Waals surface area contributed by atoms with Gasteiger partial charge in [-0.3, -0.25) is 9.69 Å². The Kier molecular flexibility index (Phi) is 11.2. The van der Waals surface area contributed by atoms with Gasteiger partial charge in [-0.15, -0.1) is 24.8 Å². The minimum Gasteiger partial charge on any atom is -0.379 e. The average Bonchev–Trinajstić information content (AvgIpc) is 2.69. The van der Waals surface area contributed by atoms with Gasteiger partial charge in [-0.05, 0) is 29.7 Å². The number of nitrogens with two attached hydrogens (primary N) is 1. The molecule has 0 aromatic heterocycles. The van der Waals surface area contributed by atoms with Crippen molar-refractivity contribution in [2.24, 2.45) is 5.73 Å². The molecule has 5 nitrogen and oxygen atoms in total. The van der Waals surface area contributed by atoms with Crippen LogP contribution in [-0.2, 0) is 16.0 Å². The lowest BCUT2D eigenvalue weighted by molar-refractivity contribution is -0.122. The molecule has 0 spiro atoms. The van der Waals surface area contributed by atoms with Crippen LogP contribution in [0.5, 0.6) is 0 Å². The van der Waals surface area contributed by atoms with Crippen LogP contribution in [0, 0.1) is 5.82 Å². The first-order chi connectivity index (χ1) is 13.1. The Labute approximate surface area is 183 Å². The Bertz CT molecular complexity index is 746. The number of benzene rings is 2. The molecule has 8 heteroatoms. The zero-order chi connectivity index (χ0) is 19.1. The highest BCUT2D eigenvalue weighted by Gasteiger charge is 2.24. The topological polar surface area (TPSA) is 67.6 Å². The summed E-state index contributed by atoms with van der Waals surface area (Å²) in [7, 11) is 0. The molecule has 1 fully saturated rings. The summed E-state index contributed by atoms with van der Waals surface area (Å²) in [5.41, 5.74) is 7.94. The van der Waals surface area contributed by atoms with Crippen LogP contribution in [0.3, 0.4) is 0 Å². The highest BCUT2D eigenvalue weighted by Crippen LogP contribution is 2.22. The van der Waals surface area contributed by atoms with E-state index in [0.717, 1.165) is 24.2 Å². The van der Waals surface area contributed by atoms with E-state index in [4.69, 9.17) is 10.5 Å². The van der Waals surface area contributed by atoms with Gasteiger partial charge < -0.3 is 15.8 Å². The van der Waals surface area contributed by atoms with Gasteiger partial charge in [0.05, 0.1) is 25.3 Å². The molecule has 0 saturated carbocycles. The number of hydrogen-bond acceptors (Lipinski definition) is 4. The summed E-state index contributed by atoms with van der Waals surface area (Å²) in [5.74, 6) is -0.480. The predicted octanol–water partition coefficient (Wildman–Crippen LogP) is 2.73. The zero-order valence-electron chi connectivity index (χ0n) is 16.1. The van der Waals surface area contributed by atoms with Gasteiger partial charge in [0.25, 0.3) is 0 Å². The molecule has 2 aromatic rings. The number of amides is 1. The molecule has 1 saturated heterocycles. The van der Waals surface area contributed by atoms with E-state index in [0.29, 0.717) is 26.2 Å². The van der Waals surface area contributed by atoms with Crippen molar-refractivity contribution < 1.29 is 13.9 Å². The first-order valence-electron chi connectivity index (χ1n) is 9.28. The third-order valence-corrected chi connectivity index (χ3v) is 4.82. The van der Waals surface area contributed by atoms with Crippen molar-refractivity contribution in [3.8, 4) is 0 Å². The summed E-state index contributed by atoms with van der Waals surface area (Å²) >= 11 is 0. The Morgan fingerprint density at radius 3 is 2.45 bits per heavy atom. The number of ether oxygens (including phenoxy) is 1. The minimum atomic E-state index is -0.620. The maximum absolute atomic E-state index is 13.7. The Balaban J connectivity index is 0.00000210. The first kappa shape index (κ1) is 25.3. The highest BCUT2D eigenvalue weighted by atomic mass is 35.5. The summed E-state index contributed by atoms with van der Waals surface area (Å²) in [5, 5.41) is 2.95. The van der Waals surface area contributed by atoms with E-state index >= 15 is 0 Å². The van der Waals surface area contributed by atoms with Crippen LogP contribution >= 0.6 is 24.8 Å². The molecule has 29 heavy (non-hydrogen) atoms. The predicted molar refractivity (Wildman–Crippen MR) is 117 cm³/mol. The molecule has 2 aromatic carbocycles. The summed E-state index contributed by atoms with van der Waals surface area (Å²) in [4.78, 5) is 14.7. The van der Waals surface area contributed by atoms with E-state index in [1.165, 1.54) is 12.1 Å². The van der Waals surface area contributed by atoms with Gasteiger partial charge in [-0.1, -0.05) is 42.5 Å². The van der Waals surface area contributed by atoms with E-state index in [2.05, 4.69) is 10.2 Å². The average molecular weight is 444 g/mol. The lowest BCUT2D eigenvalue weighted by Gasteiger charge is -2.35. The van der Waals surface area contributed by atoms with Crippen molar-refractivity contribution in [2.45, 2.75) is 18.5 Å². The fraction of sp³-hybridized carbons (Fsp3) is 0.381. The van der Waals surface area contributed by atoms with Crippen LogP contribution in [-0.4, -0.2) is 49.7 Å². The molecule has 0 bridgehead atoms. The van der Waals surface area contributed by atoms with Gasteiger partial charge in [0.15, 0.2) is 0 Å². The van der Waals surface area contributed by atoms with E-state index in [1.54, 1.807) is 6.07 Å². The second-order valence-electron chi connectivity index (χ2n) is 6.76. The minimum absolute atomic E-state index is 0. The SMILES string of the molecule is Cl.Cl.NC(Cc1ccccc1)C(=O)NCC(c1cccc(F)c1)N1CCOCC1. The molecule has 3 N–H and O–H groups in total. The van der Waals surface area contributed by atoms with E-state index < -0.39 is 6.04 Å². The van der Waals surface area contributed by atoms with Gasteiger partial charge in [0, 0.05) is 19.6 Å². The molecule has 3 rings (SSSR count). The molecule has 0 aliphatic carbocycles. The van der Waals surface area contributed by atoms with Crippen LogP contribution in [0.1, 0.15) is 17.2 Å². The van der Waals surface area contributed by atoms with Gasteiger partial charge in [0.1, 0.15) is 5.82 Å². The number of nitrogens with zero attached hydrogens (tertiary/aromatic N) is 1. The third kappa shape index (κ3) is 7.57. The van der Waals surface area contributed by atoms with Crippen molar-refractivity contribution in [2.75, 3.05) is 32.8 Å². The Morgan fingerprint density at radius 1 is 1.10 bits per heavy atom. The lowest BCUT2D eigenvalue weighted by Crippen LogP contribution is -2.47. The molecule has 1 aliphatic heterocycles. The van der Waals surface area contributed by atoms with Crippen LogP contribution in [0.15, 0.2) is 54.6 Å². The van der Waals surface area contributed by atoms with Crippen LogP contribution in [0.4, 0.5) is 4.39 Å². The lowest BCUT2D eigenvalue weighted by atomic mass is 10.0. The van der Waals surface area contributed by atoms with E-state index in [-0.39, 0.29) is 42.6 Å². The van der Waals surface area contributed by atoms with Crippen molar-refractivity contribution in [3.05, 3.63) is 71.5 Å². The molecule has 1 heterocycles. The van der Waals surface area contributed by atoms with Crippen molar-refractivity contribution >= 4 is 30.7 Å². The maximum Gasteiger partial charge on any atom is 0.237 e. The second-order valence-corrected chi connectivity index (χ2v) is 6.76. The molecule has 160 valence electrons. The monoisotopic (exact) mass is 443 g/mol. The summed E-state index contributed by atoms with van der Waals surface area (Å²) in [6.07, 6.45) is 0.481. The molecular weight excluding hydrogens is 416 g/mol. The summed E-state index contributed by atoms with van der Waals surface area (Å²) in [6, 6.07) is 15.5. The third-order valence-electron chi connectivity index (χ3n) is 4.82. The van der Waals surface area contributed by atoms with E-state index in [1.807, 2.05) is 36.4 Å². The Hall–Kier alpha value is -1.70. The standard InChI is InChI=1S/C21H26FN3O2.2ClH/c22-18-8-4-7-17(14-18)20(25-9-11-27-12-10-25)15-24-21(26)19(23)13-16-5-2-1-3-6-16;;/h1-8,14,19-20H,9-13,15,23H2,(H,24,26);2*1H. The molecule has 0 radical (unpaired) electrons. The van der Waals surface area contributed by atoms with Crippen molar-refractivity contribution in [3.63, 3.8) is 0 Å². The van der Waals surface area contributed by atoms with E-state index in [9.17, 15) is 9.18 Å². The van der Waals surface area contributed by atoms with Crippen LogP contribution in [0.2, 0.25) is 0 Å². The van der Waals surface area contributed by atoms with Crippen LogP contribution in [0.25, 0.3) is 0 Å². The second kappa shape index (κ2) is 12.8. The fourth-order valence-electron chi connectivity index (χ4n) is 3.35. The summed E-state index contributed by atoms with van der Waals surface area (Å²) in [6.45, 7) is 3.13. The quantitative estimate of drug-likeness (QED) is 0.690. The molecule has 1 aliphatic rings. The number of rotatable bonds is 7. The van der Waals surface area contributed by atoms with Gasteiger partial charge in [0.2, 0.25) is 5.91 Å². The normalized spacial score (nSPS) is 16.1. The molecule has 2 atom stereocenters. The number of morpholine rings is 1. The molecule has 1 amide bonds.